The van der Waals surface area contributed by atoms with Gasteiger partial charge in [-0.2, -0.15) is 0 Å². The van der Waals surface area contributed by atoms with Gasteiger partial charge in [0.25, 0.3) is 24.4 Å². The molecule has 0 aromatic rings. The third kappa shape index (κ3) is 29.7. The Bertz CT molecular complexity index is 927. The van der Waals surface area contributed by atoms with E-state index in [1.165, 1.54) is 28.3 Å². The summed E-state index contributed by atoms with van der Waals surface area (Å²) in [4.78, 5) is 11.5. The van der Waals surface area contributed by atoms with Crippen molar-refractivity contribution in [1.29, 1.82) is 0 Å². The molecule has 54 heavy (non-hydrogen) atoms. The molecule has 0 saturated carbocycles. The van der Waals surface area contributed by atoms with Crippen LogP contribution in [0.25, 0.3) is 0 Å². The van der Waals surface area contributed by atoms with Crippen molar-refractivity contribution < 1.29 is 105 Å². The Labute approximate surface area is 280 Å². The van der Waals surface area contributed by atoms with Gasteiger partial charge in [0.2, 0.25) is 0 Å². The van der Waals surface area contributed by atoms with Crippen molar-refractivity contribution in [2.75, 3.05) is 74.2 Å². The largest absolute Gasteiger partial charge is 0.454 e. The molecule has 11 nitrogen and oxygen atoms in total. The molecule has 0 saturated heterocycles. The minimum absolute atomic E-state index is 0. The van der Waals surface area contributed by atoms with Crippen molar-refractivity contribution >= 4 is 5.97 Å². The molecule has 4 unspecified atom stereocenters. The third-order valence-corrected chi connectivity index (χ3v) is 4.95. The van der Waals surface area contributed by atoms with E-state index in [1.54, 1.807) is 0 Å². The van der Waals surface area contributed by atoms with Gasteiger partial charge in [0.1, 0.15) is 24.4 Å². The molecule has 0 aliphatic rings. The molecule has 0 aromatic heterocycles. The first kappa shape index (κ1) is 60.1. The smallest absolute Gasteiger partial charge is 0.333 e. The average Bonchev–Trinajstić information content (AvgIpc) is 3.05. The second-order valence-electron chi connectivity index (χ2n) is 9.44. The molecule has 0 aliphatic carbocycles. The normalized spacial score (nSPS) is 14.0. The Kier molecular flexibility index (Phi) is 32.9. The zero-order valence-corrected chi connectivity index (χ0v) is 55.4. The van der Waals surface area contributed by atoms with Crippen molar-refractivity contribution in [2.45, 2.75) is 55.8 Å². The summed E-state index contributed by atoms with van der Waals surface area (Å²) < 4.78 is 195. The maximum Gasteiger partial charge on any atom is 0.333 e. The molecule has 0 aromatic carbocycles. The molecule has 308 valence electrons. The number of hydrogen-bond donors (Lipinski definition) is 0. The maximum atomic E-state index is 12.9. The first-order chi connectivity index (χ1) is 23.2. The van der Waals surface area contributed by atoms with E-state index in [4.69, 9.17) is 28.4 Å². The minimum Gasteiger partial charge on any atom is -0.454 e. The molecular weight excluding hydrogens is 1800 g/mol. The predicted octanol–water partition coefficient (Wildman–Crippen LogP) is 5.50. The van der Waals surface area contributed by atoms with Crippen molar-refractivity contribution in [1.82, 2.24) is 0 Å². The summed E-state index contributed by atoms with van der Waals surface area (Å²) in [6, 6.07) is 0. The fourth-order valence-corrected chi connectivity index (χ4v) is 2.79. The molecule has 27 heteroatoms. The number of methoxy groups -OCH3 is 3. The zero-order valence-electron chi connectivity index (χ0n) is 29.8. The summed E-state index contributed by atoms with van der Waals surface area (Å²) in [6.07, 6.45) is -22.6. The van der Waals surface area contributed by atoms with Gasteiger partial charge in [-0.25, -0.2) is 39.9 Å². The number of esters is 1. The summed E-state index contributed by atoms with van der Waals surface area (Å²) in [5.41, 5.74) is 0.0774. The monoisotopic (exact) mass is 1830 g/mol. The van der Waals surface area contributed by atoms with Gasteiger partial charge in [0.05, 0.1) is 52.9 Å². The van der Waals surface area contributed by atoms with Gasteiger partial charge in [-0.15, -0.1) is 0 Å². The topological polar surface area (TPSA) is 109 Å². The molecule has 0 bridgehead atoms. The van der Waals surface area contributed by atoms with Crippen LogP contribution in [0.2, 0.25) is 0 Å². The molecular formula is C27H38F12O11Rf4-4. The maximum absolute atomic E-state index is 12.9. The van der Waals surface area contributed by atoms with Gasteiger partial charge >= 0.3 is 5.97 Å². The van der Waals surface area contributed by atoms with Gasteiger partial charge < -0.3 is 64.9 Å². The Balaban J connectivity index is -0.000000201. The molecule has 0 spiro atoms. The van der Waals surface area contributed by atoms with Crippen LogP contribution in [0.1, 0.15) is 6.92 Å². The quantitative estimate of drug-likeness (QED) is 0.0411. The van der Waals surface area contributed by atoms with Gasteiger partial charge in [-0.1, -0.05) is 33.3 Å². The number of ether oxygens (including phenoxy) is 10. The van der Waals surface area contributed by atoms with E-state index in [1.807, 2.05) is 0 Å². The van der Waals surface area contributed by atoms with Crippen molar-refractivity contribution in [3.63, 3.8) is 0 Å². The molecule has 0 rings (SSSR count). The second kappa shape index (κ2) is 29.6. The number of alkyl halides is 8. The molecule has 0 aliphatic heterocycles. The molecule has 0 fully saturated rings. The van der Waals surface area contributed by atoms with Crippen molar-refractivity contribution in [3.8, 4) is 0 Å². The van der Waals surface area contributed by atoms with Gasteiger partial charge in [0, 0.05) is 26.9 Å². The van der Waals surface area contributed by atoms with Crippen LogP contribution in [0, 0.1) is 26.7 Å². The van der Waals surface area contributed by atoms with E-state index < -0.39 is 115 Å². The average molecular weight is 1830 g/mol. The SMILES string of the molecule is C=C(C)C(=O)OC(COC)COCC(COC(F)(F)[CH-]F)OC(F)(F)[CH-]F.COCC(COCC(COC(F)(F)[CH-]F)OC(F)(F)[CH-]F)OC.[Rf].[Rf].[Rf].[Rf]. The van der Waals surface area contributed by atoms with Crippen LogP contribution in [0.3, 0.4) is 0 Å². The van der Waals surface area contributed by atoms with E-state index in [2.05, 4.69) is 25.5 Å². The summed E-state index contributed by atoms with van der Waals surface area (Å²) in [7, 11) is 4.02. The van der Waals surface area contributed by atoms with Crippen molar-refractivity contribution in [3.05, 3.63) is 38.9 Å². The number of hydrogen-bond acceptors (Lipinski definition) is 11. The molecule has 0 heterocycles. The standard InChI is InChI=1S/C15H20F6O6.C12H18F6O5.4Rf/c1-10(2)13(22)26-11(4-23-3)5-24-6-12(27-15(20,21)9-17)7-25-14(18,19)8-16;1-19-3-9(20-2)4-21-5-10(23-12(17,18)8-14)6-22-11(15,16)7-13;;;;/h8-9,11-12H,1,4-7H2,2-3H3;7-10H,3-6H2,1-2H3;;;;/q2*-2;;;;. The first-order valence-electron chi connectivity index (χ1n) is 13.6. The van der Waals surface area contributed by atoms with Crippen LogP contribution in [0.4, 0.5) is 52.7 Å². The molecule has 0 amide bonds. The van der Waals surface area contributed by atoms with Crippen LogP contribution < -0.4 is 0 Å². The summed E-state index contributed by atoms with van der Waals surface area (Å²) in [5.74, 6) is -0.770. The van der Waals surface area contributed by atoms with E-state index in [-0.39, 0.29) is 25.4 Å². The molecule has 0 radical (unpaired) electrons. The molecule has 4 atom stereocenters. The van der Waals surface area contributed by atoms with Gasteiger partial charge in [0.15, 0.2) is 0 Å². The Hall–Kier alpha value is -5.99. The number of rotatable bonds is 29. The fourth-order valence-electron chi connectivity index (χ4n) is 2.79. The van der Waals surface area contributed by atoms with Crippen LogP contribution in [-0.2, 0) is 52.2 Å². The second-order valence-corrected chi connectivity index (χ2v) is 9.44. The minimum atomic E-state index is -4.41. The Morgan fingerprint density at radius 2 is 0.852 bits per heavy atom. The molecule has 0 N–H and O–H groups in total. The summed E-state index contributed by atoms with van der Waals surface area (Å²) in [6.45, 7) is -4.02. The summed E-state index contributed by atoms with van der Waals surface area (Å²) in [5, 5.41) is 0. The van der Waals surface area contributed by atoms with E-state index in [0.717, 1.165) is 0 Å². The van der Waals surface area contributed by atoms with E-state index in [9.17, 15) is 57.5 Å². The zero-order chi connectivity index (χ0) is 39.0. The number of carbonyl (C=O) groups is 1. The summed E-state index contributed by atoms with van der Waals surface area (Å²) >= 11 is 0. The predicted molar refractivity (Wildman–Crippen MR) is 144 cm³/mol. The third-order valence-electron chi connectivity index (χ3n) is 4.95. The van der Waals surface area contributed by atoms with Crippen LogP contribution in [-0.4, -0.2) is 129 Å². The van der Waals surface area contributed by atoms with Gasteiger partial charge in [-0.3, -0.25) is 0 Å². The van der Waals surface area contributed by atoms with Crippen molar-refractivity contribution in [2.24, 2.45) is 0 Å². The van der Waals surface area contributed by atoms with E-state index >= 15 is 0 Å². The van der Waals surface area contributed by atoms with Crippen LogP contribution in [0.15, 0.2) is 12.2 Å². The van der Waals surface area contributed by atoms with Gasteiger partial charge in [-0.05, 0) is 6.92 Å². The van der Waals surface area contributed by atoms with Crippen LogP contribution >= 0.6 is 0 Å². The Morgan fingerprint density at radius 3 is 1.15 bits per heavy atom. The Morgan fingerprint density at radius 1 is 0.537 bits per heavy atom. The first-order valence-corrected chi connectivity index (χ1v) is 13.6. The number of carbonyl (C=O) groups excluding carboxylic acids is 1. The van der Waals surface area contributed by atoms with Crippen LogP contribution in [0.5, 0.6) is 0 Å². The number of halogens is 12. The fraction of sp³-hybridized carbons (Fsp3) is 0.741. The van der Waals surface area contributed by atoms with E-state index in [0.29, 0.717) is 0 Å².